The molecular weight excluding hydrogens is 75.4 g/mol. The number of hydrogen-bond donors (Lipinski definition) is 0. The van der Waals surface area contributed by atoms with Gasteiger partial charge in [-0.3, -0.25) is 0 Å². The second kappa shape index (κ2) is 4.62. The molecule has 0 aliphatic rings. The van der Waals surface area contributed by atoms with Crippen LogP contribution in [0.4, 0.5) is 0 Å². The van der Waals surface area contributed by atoms with E-state index in [1.165, 1.54) is 21.1 Å². The van der Waals surface area contributed by atoms with Crippen LogP contribution in [0.5, 0.6) is 0 Å². The molecule has 0 aliphatic carbocycles. The van der Waals surface area contributed by atoms with Crippen LogP contribution >= 0.6 is 9.12 Å². The third-order valence-corrected chi connectivity index (χ3v) is 0.966. The quantitative estimate of drug-likeness (QED) is 0.296. The first-order chi connectivity index (χ1) is 2.41. The van der Waals surface area contributed by atoms with Gasteiger partial charge < -0.3 is 0 Å². The monoisotopic (exact) mass is 84.1 g/mol. The maximum absolute atomic E-state index is 2.70. The Morgan fingerprint density at radius 1 is 1.60 bits per heavy atom. The lowest BCUT2D eigenvalue weighted by atomic mass is 9.28. The van der Waals surface area contributed by atoms with Gasteiger partial charge in [0.05, 0.1) is 14.2 Å². The van der Waals surface area contributed by atoms with Crippen molar-refractivity contribution in [2.45, 2.75) is 6.82 Å². The fourth-order valence-electron chi connectivity index (χ4n) is 0.204. The Morgan fingerprint density at radius 2 is 2.20 bits per heavy atom. The molecule has 0 bridgehead atoms. The molecule has 0 spiro atoms. The van der Waals surface area contributed by atoms with Crippen LogP contribution in [0.2, 0.25) is 6.82 Å². The summed E-state index contributed by atoms with van der Waals surface area (Å²) in [6.45, 7) is 3.46. The highest BCUT2D eigenvalue weighted by molar-refractivity contribution is 7.72. The van der Waals surface area contributed by atoms with E-state index in [9.17, 15) is 0 Å². The lowest BCUT2D eigenvalue weighted by Crippen LogP contribution is -2.01. The van der Waals surface area contributed by atoms with Gasteiger partial charge in [-0.15, -0.1) is 0 Å². The molecule has 0 aromatic heterocycles. The summed E-state index contributed by atoms with van der Waals surface area (Å²) in [4.78, 5) is 0. The second-order valence-electron chi connectivity index (χ2n) is 1.14. The van der Waals surface area contributed by atoms with Gasteiger partial charge in [0.25, 0.3) is 0 Å². The van der Waals surface area contributed by atoms with Crippen molar-refractivity contribution in [2.24, 2.45) is 0 Å². The van der Waals surface area contributed by atoms with Crippen molar-refractivity contribution in [3.05, 3.63) is 0 Å². The van der Waals surface area contributed by atoms with Gasteiger partial charge in [-0.2, -0.15) is 9.12 Å². The molecule has 0 aromatic rings. The van der Waals surface area contributed by atoms with Gasteiger partial charge >= 0.3 is 0 Å². The highest BCUT2D eigenvalue weighted by atomic mass is 31.0. The third kappa shape index (κ3) is 4.62. The molecule has 5 heavy (non-hydrogen) atoms. The van der Waals surface area contributed by atoms with Crippen molar-refractivity contribution in [2.75, 3.05) is 0 Å². The smallest absolute Gasteiger partial charge is 0.102 e. The van der Waals surface area contributed by atoms with Gasteiger partial charge in [0.2, 0.25) is 0 Å². The van der Waals surface area contributed by atoms with E-state index >= 15 is 0 Å². The van der Waals surface area contributed by atoms with Crippen LogP contribution in [-0.2, 0) is 0 Å². The Kier molecular flexibility index (Phi) is 5.20. The molecule has 0 N–H and O–H groups in total. The topological polar surface area (TPSA) is 0 Å². The molecule has 0 aromatic carbocycles. The van der Waals surface area contributed by atoms with E-state index in [0.29, 0.717) is 0 Å². The molecule has 0 rings (SSSR count). The van der Waals surface area contributed by atoms with E-state index in [2.05, 4.69) is 15.9 Å². The highest BCUT2D eigenvalue weighted by Gasteiger charge is 1.78. The zero-order valence-corrected chi connectivity index (χ0v) is 4.85. The third-order valence-electron chi connectivity index (χ3n) is 0.558. The fraction of sp³-hybridized carbons (Fsp3) is 1.00. The minimum atomic E-state index is 1.26. The molecule has 0 amide bonds. The zero-order chi connectivity index (χ0) is 4.12. The van der Waals surface area contributed by atoms with Crippen LogP contribution in [0.1, 0.15) is 0 Å². The molecular formula is CH8B3P. The van der Waals surface area contributed by atoms with Gasteiger partial charge in [-0.05, 0) is 0 Å². The molecule has 0 saturated carbocycles. The highest BCUT2D eigenvalue weighted by Crippen LogP contribution is 1.66. The van der Waals surface area contributed by atoms with Gasteiger partial charge in [0.1, 0.15) is 6.89 Å². The first-order valence-electron chi connectivity index (χ1n) is 2.12. The Balaban J connectivity index is 2.19. The summed E-state index contributed by atoms with van der Waals surface area (Å²) in [6.07, 6.45) is 0. The molecule has 1 atom stereocenters. The van der Waals surface area contributed by atoms with E-state index < -0.39 is 0 Å². The largest absolute Gasteiger partial charge is 0.184 e. The minimum Gasteiger partial charge on any atom is -0.184 e. The molecule has 0 heterocycles. The average Bonchev–Trinajstić information content (AvgIpc) is 1.41. The van der Waals surface area contributed by atoms with E-state index in [4.69, 9.17) is 0 Å². The Labute approximate surface area is 38.0 Å². The van der Waals surface area contributed by atoms with Crippen molar-refractivity contribution in [1.29, 1.82) is 0 Å². The normalized spacial score (nSPS) is 6.00. The molecule has 0 nitrogen and oxygen atoms in total. The molecule has 1 unspecified atom stereocenters. The van der Waals surface area contributed by atoms with Crippen LogP contribution in [0.15, 0.2) is 0 Å². The van der Waals surface area contributed by atoms with Crippen LogP contribution in [0.3, 0.4) is 0 Å². The Bertz CT molecular complexity index is 14.4. The van der Waals surface area contributed by atoms with Crippen molar-refractivity contribution in [3.63, 3.8) is 0 Å². The van der Waals surface area contributed by atoms with Crippen molar-refractivity contribution >= 4 is 30.2 Å². The maximum Gasteiger partial charge on any atom is 0.102 e. The summed E-state index contributed by atoms with van der Waals surface area (Å²) in [5.41, 5.74) is 0. The van der Waals surface area contributed by atoms with Crippen molar-refractivity contribution in [3.8, 4) is 0 Å². The summed E-state index contributed by atoms with van der Waals surface area (Å²) < 4.78 is 0. The molecule has 26 valence electrons. The van der Waals surface area contributed by atoms with Gasteiger partial charge in [0.15, 0.2) is 0 Å². The van der Waals surface area contributed by atoms with Crippen LogP contribution in [0, 0.1) is 0 Å². The lowest BCUT2D eigenvalue weighted by molar-refractivity contribution is 2.37. The van der Waals surface area contributed by atoms with Crippen LogP contribution in [-0.4, -0.2) is 21.1 Å². The second-order valence-corrected chi connectivity index (χ2v) is 1.72. The van der Waals surface area contributed by atoms with Crippen molar-refractivity contribution < 1.29 is 0 Å². The van der Waals surface area contributed by atoms with E-state index in [1.54, 1.807) is 0 Å². The fourth-order valence-corrected chi connectivity index (χ4v) is 0.612. The predicted octanol–water partition coefficient (Wildman–Crippen LogP) is -1.04. The summed E-state index contributed by atoms with van der Waals surface area (Å²) in [7, 11) is 5.37. The van der Waals surface area contributed by atoms with E-state index in [0.717, 1.165) is 0 Å². The van der Waals surface area contributed by atoms with Crippen molar-refractivity contribution in [1.82, 2.24) is 0 Å². The minimum absolute atomic E-state index is 1.26. The first-order valence-corrected chi connectivity index (χ1v) is 2.93. The van der Waals surface area contributed by atoms with E-state index in [-0.39, 0.29) is 0 Å². The van der Waals surface area contributed by atoms with Gasteiger partial charge in [-0.25, -0.2) is 0 Å². The number of hydrogen-bond acceptors (Lipinski definition) is 0. The maximum atomic E-state index is 2.70. The SMILES string of the molecule is CBBBP. The summed E-state index contributed by atoms with van der Waals surface area (Å²) in [5.74, 6) is 0. The predicted molar refractivity (Wildman–Crippen MR) is 37.0 cm³/mol. The van der Waals surface area contributed by atoms with Crippen LogP contribution in [0.25, 0.3) is 0 Å². The molecule has 4 heteroatoms. The first kappa shape index (κ1) is 5.62. The summed E-state index contributed by atoms with van der Waals surface area (Å²) in [6, 6.07) is 0. The standard InChI is InChI=1S/CH8B3P/c1-2-3-4-5/h2-4H,5H2,1H3. The zero-order valence-electron chi connectivity index (χ0n) is 3.70. The van der Waals surface area contributed by atoms with Crippen LogP contribution < -0.4 is 0 Å². The summed E-state index contributed by atoms with van der Waals surface area (Å²) in [5, 5.41) is 0. The Hall–Kier alpha value is 0.625. The number of rotatable bonds is 2. The average molecular weight is 83.5 g/mol. The molecule has 0 saturated heterocycles. The molecule has 0 fully saturated rings. The Morgan fingerprint density at radius 3 is 2.20 bits per heavy atom. The summed E-state index contributed by atoms with van der Waals surface area (Å²) >= 11 is 0. The van der Waals surface area contributed by atoms with E-state index in [1.807, 2.05) is 0 Å². The molecule has 0 aliphatic heterocycles. The van der Waals surface area contributed by atoms with Gasteiger partial charge in [0, 0.05) is 0 Å². The molecule has 0 radical (unpaired) electrons. The van der Waals surface area contributed by atoms with Gasteiger partial charge in [-0.1, -0.05) is 6.82 Å². The lowest BCUT2D eigenvalue weighted by Gasteiger charge is -1.69.